The molecule has 0 aliphatic heterocycles. The third-order valence-corrected chi connectivity index (χ3v) is 0.647. The monoisotopic (exact) mass is 115 g/mol. The summed E-state index contributed by atoms with van der Waals surface area (Å²) in [6.07, 6.45) is 14.3. The molecule has 9 heavy (non-hydrogen) atoms. The lowest BCUT2D eigenvalue weighted by atomic mass is 10.1. The van der Waals surface area contributed by atoms with E-state index in [-0.39, 0.29) is 5.92 Å². The van der Waals surface area contributed by atoms with E-state index in [0.29, 0.717) is 0 Å². The zero-order valence-electron chi connectivity index (χ0n) is 4.64. The van der Waals surface area contributed by atoms with E-state index in [9.17, 15) is 4.79 Å². The van der Waals surface area contributed by atoms with E-state index in [0.717, 1.165) is 0 Å². The summed E-state index contributed by atoms with van der Waals surface area (Å²) in [6, 6.07) is 0. The molecule has 0 amide bonds. The number of ketones is 1. The molecule has 0 heterocycles. The van der Waals surface area contributed by atoms with Crippen molar-refractivity contribution >= 4 is 5.78 Å². The number of hydrogen-bond donors (Lipinski definition) is 0. The largest absolute Gasteiger partial charge is 0.342 e. The summed E-state index contributed by atoms with van der Waals surface area (Å²) in [5.74, 6) is 5.08. The average molecular weight is 115 g/mol. The number of Topliss-reactive ketones (excluding diaryl/α,β-unsaturated/α-hetero) is 1. The molecule has 1 nitrogen and oxygen atoms in total. The molecule has 40 valence electrons. The fourth-order valence-corrected chi connectivity index (χ4v) is 0.245. The van der Waals surface area contributed by atoms with Gasteiger partial charge in [-0.05, 0) is 12.8 Å². The predicted octanol–water partition coefficient (Wildman–Crippen LogP) is 0.0296. The van der Waals surface area contributed by atoms with Crippen LogP contribution in [0, 0.1) is 42.9 Å². The van der Waals surface area contributed by atoms with E-state index in [1.54, 1.807) is 5.92 Å². The van der Waals surface area contributed by atoms with Crippen LogP contribution in [-0.4, -0.2) is 5.78 Å². The summed E-state index contributed by atoms with van der Waals surface area (Å²) in [7, 11) is 0. The van der Waals surface area contributed by atoms with Gasteiger partial charge in [0.05, 0.1) is 17.8 Å². The molecule has 0 atom stereocenters. The fourth-order valence-electron chi connectivity index (χ4n) is 0.245. The minimum absolute atomic E-state index is 0.0995. The first-order valence-electron chi connectivity index (χ1n) is 2.07. The highest BCUT2D eigenvalue weighted by Gasteiger charge is 2.17. The number of hydrogen-bond acceptors (Lipinski definition) is 1. The predicted molar refractivity (Wildman–Crippen MR) is 34.7 cm³/mol. The highest BCUT2D eigenvalue weighted by Crippen LogP contribution is 1.94. The summed E-state index contributed by atoms with van der Waals surface area (Å²) in [5.41, 5.74) is 0. The molecule has 0 aromatic heterocycles. The molecule has 0 aliphatic rings. The molecule has 0 bridgehead atoms. The quantitative estimate of drug-likeness (QED) is 0.267. The fraction of sp³-hybridized carbons (Fsp3) is 0. The molecule has 0 saturated carbocycles. The Labute approximate surface area is 54.5 Å². The molecular weight excluding hydrogens is 112 g/mol. The summed E-state index contributed by atoms with van der Waals surface area (Å²) in [5, 5.41) is 0. The van der Waals surface area contributed by atoms with Gasteiger partial charge in [0.2, 0.25) is 5.92 Å². The van der Waals surface area contributed by atoms with Crippen LogP contribution in [0.1, 0.15) is 0 Å². The second kappa shape index (κ2) is 3.25. The smallest absolute Gasteiger partial charge is 0.253 e. The van der Waals surface area contributed by atoms with Crippen LogP contribution < -0.4 is 0 Å². The van der Waals surface area contributed by atoms with Crippen LogP contribution in [-0.2, 0) is 4.79 Å². The van der Waals surface area contributed by atoms with Crippen molar-refractivity contribution in [1.82, 2.24) is 0 Å². The Morgan fingerprint density at radius 3 is 1.78 bits per heavy atom. The molecule has 0 radical (unpaired) electrons. The lowest BCUT2D eigenvalue weighted by Gasteiger charge is -1.79. The van der Waals surface area contributed by atoms with Crippen LogP contribution in [0.3, 0.4) is 0 Å². The average Bonchev–Trinajstić information content (AvgIpc) is 1.90. The second-order valence-electron chi connectivity index (χ2n) is 1.14. The van der Waals surface area contributed by atoms with Crippen molar-refractivity contribution in [3.05, 3.63) is 5.92 Å². The van der Waals surface area contributed by atoms with E-state index in [2.05, 4.69) is 0 Å². The summed E-state index contributed by atoms with van der Waals surface area (Å²) >= 11 is 0. The van der Waals surface area contributed by atoms with Gasteiger partial charge < -0.3 is 0 Å². The summed E-state index contributed by atoms with van der Waals surface area (Å²) < 4.78 is 0. The Balaban J connectivity index is 4.27. The Hall–Kier alpha value is -1.78. The van der Waals surface area contributed by atoms with Gasteiger partial charge in [-0.3, -0.25) is 4.79 Å². The van der Waals surface area contributed by atoms with Gasteiger partial charge in [0.25, 0.3) is 0 Å². The van der Waals surface area contributed by atoms with Crippen molar-refractivity contribution in [2.24, 2.45) is 0 Å². The van der Waals surface area contributed by atoms with Gasteiger partial charge in [-0.25, -0.2) is 0 Å². The highest BCUT2D eigenvalue weighted by atomic mass is 16.1. The van der Waals surface area contributed by atoms with Crippen LogP contribution in [0.2, 0.25) is 0 Å². The molecule has 0 rings (SSSR count). The third-order valence-electron chi connectivity index (χ3n) is 0.647. The minimum Gasteiger partial charge on any atom is -0.253 e. The van der Waals surface area contributed by atoms with Gasteiger partial charge in [0.15, 0.2) is 0 Å². The van der Waals surface area contributed by atoms with E-state index in [1.807, 2.05) is 11.8 Å². The molecule has 0 N–H and O–H groups in total. The van der Waals surface area contributed by atoms with Gasteiger partial charge in [-0.2, -0.15) is 0 Å². The van der Waals surface area contributed by atoms with Gasteiger partial charge in [0.1, 0.15) is 0 Å². The van der Waals surface area contributed by atoms with Gasteiger partial charge in [-0.1, -0.05) is 6.42 Å². The lowest BCUT2D eigenvalue weighted by Crippen LogP contribution is -2.03. The summed E-state index contributed by atoms with van der Waals surface area (Å²) in [4.78, 5) is 10.4. The van der Waals surface area contributed by atoms with Gasteiger partial charge in [0, 0.05) is 0 Å². The van der Waals surface area contributed by atoms with E-state index in [1.165, 1.54) is 0 Å². The van der Waals surface area contributed by atoms with Crippen LogP contribution in [0.4, 0.5) is 0 Å². The highest BCUT2D eigenvalue weighted by molar-refractivity contribution is 6.10. The maximum atomic E-state index is 10.4. The number of rotatable bonds is 1. The van der Waals surface area contributed by atoms with Crippen molar-refractivity contribution in [2.45, 2.75) is 0 Å². The van der Waals surface area contributed by atoms with Gasteiger partial charge >= 0.3 is 5.78 Å². The maximum Gasteiger partial charge on any atom is 0.342 e. The second-order valence-corrected chi connectivity index (χ2v) is 1.14. The molecule has 1 heteroatoms. The zero-order valence-corrected chi connectivity index (χ0v) is 4.64. The molecule has 0 aromatic carbocycles. The van der Waals surface area contributed by atoms with Crippen LogP contribution >= 0.6 is 0 Å². The Bertz CT molecular complexity index is 215. The van der Waals surface area contributed by atoms with Crippen LogP contribution in [0.15, 0.2) is 0 Å². The van der Waals surface area contributed by atoms with Crippen LogP contribution in [0.25, 0.3) is 0 Å². The Kier molecular flexibility index (Phi) is 2.61. The van der Waals surface area contributed by atoms with Crippen molar-refractivity contribution in [3.63, 3.8) is 0 Å². The molecule has 0 saturated heterocycles. The molecule has 0 aliphatic carbocycles. The molecule has 0 aromatic rings. The first-order chi connectivity index (χ1) is 4.26. The first-order valence-corrected chi connectivity index (χ1v) is 2.07. The number of carbonyl (C=O) groups excluding carboxylic acids is 1. The maximum absolute atomic E-state index is 10.4. The van der Waals surface area contributed by atoms with E-state index >= 15 is 0 Å². The Morgan fingerprint density at radius 2 is 1.67 bits per heavy atom. The van der Waals surface area contributed by atoms with E-state index in [4.69, 9.17) is 19.3 Å². The SMILES string of the molecule is C#CC(=O)[C+](C#C)C#C. The Morgan fingerprint density at radius 1 is 1.22 bits per heavy atom. The standard InChI is InChI=1S/C8H3O/c1-4-7(5-2)8(9)6-3/h1-3H/q+1. The number of carbonyl (C=O) groups is 1. The minimum atomic E-state index is -0.611. The molecule has 0 spiro atoms. The van der Waals surface area contributed by atoms with Crippen molar-refractivity contribution in [1.29, 1.82) is 0 Å². The van der Waals surface area contributed by atoms with Crippen molar-refractivity contribution in [2.75, 3.05) is 0 Å². The lowest BCUT2D eigenvalue weighted by molar-refractivity contribution is -0.111. The van der Waals surface area contributed by atoms with Crippen molar-refractivity contribution in [3.8, 4) is 37.0 Å². The topological polar surface area (TPSA) is 17.1 Å². The number of terminal acetylenes is 3. The normalized spacial score (nSPS) is 5.89. The molecule has 0 fully saturated rings. The molecule has 0 unspecified atom stereocenters. The first kappa shape index (κ1) is 7.22. The van der Waals surface area contributed by atoms with Crippen LogP contribution in [0.5, 0.6) is 0 Å². The molecular formula is C8H3O+. The van der Waals surface area contributed by atoms with Gasteiger partial charge in [-0.15, -0.1) is 0 Å². The van der Waals surface area contributed by atoms with E-state index < -0.39 is 5.78 Å². The third kappa shape index (κ3) is 1.64. The zero-order chi connectivity index (χ0) is 7.28. The summed E-state index contributed by atoms with van der Waals surface area (Å²) in [6.45, 7) is 0. The van der Waals surface area contributed by atoms with Crippen molar-refractivity contribution < 1.29 is 4.79 Å².